The average molecular weight is 809 g/mol. The van der Waals surface area contributed by atoms with E-state index in [1.165, 1.54) is 50.7 Å². The number of hydrogen-bond donors (Lipinski definition) is 0. The van der Waals surface area contributed by atoms with E-state index in [4.69, 9.17) is 14.7 Å². The van der Waals surface area contributed by atoms with E-state index in [9.17, 15) is 5.26 Å². The van der Waals surface area contributed by atoms with Crippen LogP contribution in [0.5, 0.6) is 6.01 Å². The molecule has 5 aromatic carbocycles. The van der Waals surface area contributed by atoms with Crippen LogP contribution in [-0.2, 0) is 18.5 Å². The Labute approximate surface area is 360 Å². The van der Waals surface area contributed by atoms with Crippen LogP contribution in [0.1, 0.15) is 52.8 Å². The van der Waals surface area contributed by atoms with Gasteiger partial charge >= 0.3 is 6.01 Å². The van der Waals surface area contributed by atoms with Gasteiger partial charge in [-0.05, 0) is 73.5 Å². The Morgan fingerprint density at radius 3 is 2.07 bits per heavy atom. The van der Waals surface area contributed by atoms with Gasteiger partial charge in [-0.15, -0.1) is 0 Å². The van der Waals surface area contributed by atoms with E-state index in [0.717, 1.165) is 70.2 Å². The van der Waals surface area contributed by atoms with E-state index in [2.05, 4.69) is 172 Å². The fourth-order valence-electron chi connectivity index (χ4n) is 10.7. The largest absolute Gasteiger partial charge is 0.462 e. The molecule has 5 heterocycles. The van der Waals surface area contributed by atoms with Crippen LogP contribution in [-0.4, -0.2) is 102 Å². The molecular formula is C52H56N8O. The Morgan fingerprint density at radius 1 is 0.721 bits per heavy atom. The number of piperazine rings is 1. The van der Waals surface area contributed by atoms with E-state index < -0.39 is 5.54 Å². The van der Waals surface area contributed by atoms with E-state index >= 15 is 0 Å². The highest BCUT2D eigenvalue weighted by molar-refractivity contribution is 5.97. The van der Waals surface area contributed by atoms with Crippen molar-refractivity contribution in [3.63, 3.8) is 0 Å². The van der Waals surface area contributed by atoms with Crippen molar-refractivity contribution in [3.05, 3.63) is 161 Å². The number of fused-ring (bicyclic) bond motifs is 2. The Hall–Kier alpha value is -5.79. The van der Waals surface area contributed by atoms with Crippen LogP contribution in [0.2, 0.25) is 0 Å². The molecule has 4 atom stereocenters. The molecule has 0 aliphatic carbocycles. The zero-order chi connectivity index (χ0) is 41.3. The second-order valence-corrected chi connectivity index (χ2v) is 17.5. The molecule has 310 valence electrons. The van der Waals surface area contributed by atoms with Crippen molar-refractivity contribution >= 4 is 22.3 Å². The molecule has 0 saturated carbocycles. The van der Waals surface area contributed by atoms with E-state index in [1.54, 1.807) is 0 Å². The first-order valence-corrected chi connectivity index (χ1v) is 22.3. The molecular weight excluding hydrogens is 753 g/mol. The topological polar surface area (TPSA) is 74.8 Å². The van der Waals surface area contributed by atoms with Gasteiger partial charge in [0.05, 0.1) is 30.3 Å². The normalized spacial score (nSPS) is 21.9. The molecule has 9 nitrogen and oxygen atoms in total. The number of nitrogens with zero attached hydrogens (tertiary/aromatic N) is 8. The Morgan fingerprint density at radius 2 is 1.41 bits per heavy atom. The number of hydrogen-bond acceptors (Lipinski definition) is 9. The first-order valence-electron chi connectivity index (χ1n) is 22.3. The molecule has 0 radical (unpaired) electrons. The summed E-state index contributed by atoms with van der Waals surface area (Å²) in [5.41, 5.74) is 8.19. The zero-order valence-corrected chi connectivity index (χ0v) is 35.5. The van der Waals surface area contributed by atoms with Crippen molar-refractivity contribution < 1.29 is 4.74 Å². The SMILES string of the molecule is Cc1cccc2cccc(N3CCc4c(nc(OC[C@@H]5CCCN5C)nc4N4CCN(CC5C[N@@]5C(c5ccccc5)(c5ccccc5)c5ccccc5)[C@@H](CC#N)C4)C3)c12. The molecule has 0 amide bonds. The Kier molecular flexibility index (Phi) is 10.9. The van der Waals surface area contributed by atoms with Gasteiger partial charge in [0.15, 0.2) is 0 Å². The molecule has 1 unspecified atom stereocenters. The highest BCUT2D eigenvalue weighted by Crippen LogP contribution is 2.48. The van der Waals surface area contributed by atoms with Crippen molar-refractivity contribution in [2.75, 3.05) is 69.3 Å². The summed E-state index contributed by atoms with van der Waals surface area (Å²) in [4.78, 5) is 23.0. The smallest absolute Gasteiger partial charge is 0.318 e. The third-order valence-electron chi connectivity index (χ3n) is 13.9. The number of likely N-dealkylation sites (tertiary alicyclic amines) is 1. The summed E-state index contributed by atoms with van der Waals surface area (Å²) in [6.45, 7) is 9.77. The van der Waals surface area contributed by atoms with Gasteiger partial charge in [-0.2, -0.15) is 15.2 Å². The van der Waals surface area contributed by atoms with Crippen molar-refractivity contribution in [2.45, 2.75) is 62.8 Å². The quantitative estimate of drug-likeness (QED) is 0.0903. The maximum atomic E-state index is 10.3. The van der Waals surface area contributed by atoms with Crippen LogP contribution >= 0.6 is 0 Å². The zero-order valence-electron chi connectivity index (χ0n) is 35.5. The summed E-state index contributed by atoms with van der Waals surface area (Å²) < 4.78 is 6.52. The number of ether oxygens (including phenoxy) is 1. The second-order valence-electron chi connectivity index (χ2n) is 17.5. The lowest BCUT2D eigenvalue weighted by Gasteiger charge is -2.43. The average Bonchev–Trinajstić information content (AvgIpc) is 3.95. The summed E-state index contributed by atoms with van der Waals surface area (Å²) in [7, 11) is 2.19. The minimum Gasteiger partial charge on any atom is -0.462 e. The Bertz CT molecular complexity index is 2410. The van der Waals surface area contributed by atoms with E-state index in [0.29, 0.717) is 37.7 Å². The van der Waals surface area contributed by atoms with Crippen LogP contribution in [0.15, 0.2) is 127 Å². The minimum atomic E-state index is -0.427. The van der Waals surface area contributed by atoms with Gasteiger partial charge in [0.2, 0.25) is 0 Å². The fraction of sp³-hybridized carbons (Fsp3) is 0.365. The van der Waals surface area contributed by atoms with Gasteiger partial charge in [-0.1, -0.05) is 121 Å². The lowest BCUT2D eigenvalue weighted by molar-refractivity contribution is 0.164. The molecule has 0 spiro atoms. The molecule has 3 fully saturated rings. The second kappa shape index (κ2) is 16.9. The predicted molar refractivity (Wildman–Crippen MR) is 244 cm³/mol. The highest BCUT2D eigenvalue weighted by atomic mass is 16.5. The lowest BCUT2D eigenvalue weighted by Crippen LogP contribution is -2.55. The molecule has 0 bridgehead atoms. The number of likely N-dealkylation sites (N-methyl/N-ethyl adjacent to an activating group) is 1. The van der Waals surface area contributed by atoms with Crippen LogP contribution in [0.3, 0.4) is 0 Å². The van der Waals surface area contributed by atoms with Gasteiger partial charge in [0.25, 0.3) is 0 Å². The van der Waals surface area contributed by atoms with Gasteiger partial charge < -0.3 is 19.4 Å². The number of benzene rings is 5. The van der Waals surface area contributed by atoms with E-state index in [-0.39, 0.29) is 6.04 Å². The van der Waals surface area contributed by atoms with Crippen molar-refractivity contribution in [2.24, 2.45) is 0 Å². The summed E-state index contributed by atoms with van der Waals surface area (Å²) in [5, 5.41) is 12.8. The van der Waals surface area contributed by atoms with Gasteiger partial charge in [-0.25, -0.2) is 0 Å². The first kappa shape index (κ1) is 39.4. The van der Waals surface area contributed by atoms with Crippen LogP contribution in [0, 0.1) is 18.3 Å². The number of nitriles is 1. The number of aromatic nitrogens is 2. The third kappa shape index (κ3) is 7.52. The Balaban J connectivity index is 0.934. The molecule has 10 rings (SSSR count). The number of anilines is 2. The van der Waals surface area contributed by atoms with Crippen molar-refractivity contribution in [3.8, 4) is 12.1 Å². The van der Waals surface area contributed by atoms with Crippen LogP contribution < -0.4 is 14.5 Å². The summed E-state index contributed by atoms with van der Waals surface area (Å²) in [6, 6.07) is 50.0. The summed E-state index contributed by atoms with van der Waals surface area (Å²) in [5.74, 6) is 0.986. The summed E-state index contributed by atoms with van der Waals surface area (Å²) >= 11 is 0. The predicted octanol–water partition coefficient (Wildman–Crippen LogP) is 8.05. The summed E-state index contributed by atoms with van der Waals surface area (Å²) in [6.07, 6.45) is 3.62. The maximum absolute atomic E-state index is 10.3. The molecule has 61 heavy (non-hydrogen) atoms. The molecule has 9 heteroatoms. The van der Waals surface area contributed by atoms with Crippen LogP contribution in [0.4, 0.5) is 11.5 Å². The molecule has 4 aliphatic heterocycles. The molecule has 3 saturated heterocycles. The van der Waals surface area contributed by atoms with Crippen LogP contribution in [0.25, 0.3) is 10.8 Å². The molecule has 1 aromatic heterocycles. The minimum absolute atomic E-state index is 0.0710. The molecule has 0 N–H and O–H groups in total. The standard InChI is InChI=1S/C52H56N8O/c1-38-15-12-16-39-17-13-25-48(49(38)39)58-30-27-46-47(36-58)54-51(61-37-44-24-14-29-56(44)2)55-50(46)59-32-31-57(43(33-59)26-28-53)34-45-35-60(45)52(40-18-6-3-7-19-40,41-20-8-4-9-21-41)42-22-10-5-11-23-42/h3-13,15-23,25,43-45H,14,24,26-27,29-37H2,1-2H3/t43-,44-,45?,60+/m0/s1. The first-order chi connectivity index (χ1) is 30.0. The number of aryl methyl sites for hydroxylation is 1. The van der Waals surface area contributed by atoms with Crippen molar-refractivity contribution in [1.29, 1.82) is 5.26 Å². The lowest BCUT2D eigenvalue weighted by atomic mass is 9.76. The third-order valence-corrected chi connectivity index (χ3v) is 13.9. The highest BCUT2D eigenvalue weighted by Gasteiger charge is 2.53. The molecule has 6 aromatic rings. The van der Waals surface area contributed by atoms with Gasteiger partial charge in [0, 0.05) is 74.0 Å². The van der Waals surface area contributed by atoms with Gasteiger partial charge in [0.1, 0.15) is 12.4 Å². The fourth-order valence-corrected chi connectivity index (χ4v) is 10.7. The molecule has 4 aliphatic rings. The monoisotopic (exact) mass is 808 g/mol. The maximum Gasteiger partial charge on any atom is 0.318 e. The number of rotatable bonds is 12. The van der Waals surface area contributed by atoms with E-state index in [1.807, 2.05) is 0 Å². The van der Waals surface area contributed by atoms with Gasteiger partial charge in [-0.3, -0.25) is 9.80 Å². The van der Waals surface area contributed by atoms with Crippen molar-refractivity contribution in [1.82, 2.24) is 24.7 Å².